The first kappa shape index (κ1) is 9.67. The summed E-state index contributed by atoms with van der Waals surface area (Å²) in [4.78, 5) is 0. The summed E-state index contributed by atoms with van der Waals surface area (Å²) < 4.78 is 9.77. The van der Waals surface area contributed by atoms with Gasteiger partial charge >= 0.3 is 0 Å². The molecule has 15 heavy (non-hydrogen) atoms. The standard InChI is InChI=1S/C10H10N2O3/c13-6-9-10(12-15-11-9)14-7-8-4-2-1-3-5-8/h1-5,13H,6-7H2. The summed E-state index contributed by atoms with van der Waals surface area (Å²) in [5.41, 5.74) is 1.33. The number of ether oxygens (including phenoxy) is 1. The minimum absolute atomic E-state index is 0.237. The van der Waals surface area contributed by atoms with Crippen molar-refractivity contribution in [3.63, 3.8) is 0 Å². The van der Waals surface area contributed by atoms with Crippen molar-refractivity contribution in [2.75, 3.05) is 0 Å². The van der Waals surface area contributed by atoms with Crippen molar-refractivity contribution in [1.29, 1.82) is 0 Å². The van der Waals surface area contributed by atoms with Crippen LogP contribution in [0.15, 0.2) is 35.0 Å². The Morgan fingerprint density at radius 1 is 1.20 bits per heavy atom. The molecule has 0 saturated heterocycles. The number of nitrogens with zero attached hydrogens (tertiary/aromatic N) is 2. The third-order valence-corrected chi connectivity index (χ3v) is 1.89. The highest BCUT2D eigenvalue weighted by atomic mass is 16.6. The van der Waals surface area contributed by atoms with Crippen molar-refractivity contribution in [1.82, 2.24) is 10.3 Å². The van der Waals surface area contributed by atoms with Gasteiger partial charge < -0.3 is 9.84 Å². The SMILES string of the molecule is OCc1nonc1OCc1ccccc1. The third kappa shape index (κ3) is 2.32. The third-order valence-electron chi connectivity index (χ3n) is 1.89. The van der Waals surface area contributed by atoms with Gasteiger partial charge in [-0.15, -0.1) is 0 Å². The van der Waals surface area contributed by atoms with Gasteiger partial charge in [0.1, 0.15) is 6.61 Å². The maximum Gasteiger partial charge on any atom is 0.281 e. The van der Waals surface area contributed by atoms with Crippen LogP contribution < -0.4 is 4.74 Å². The van der Waals surface area contributed by atoms with Crippen LogP contribution in [0.4, 0.5) is 0 Å². The first-order chi connectivity index (χ1) is 7.40. The second kappa shape index (κ2) is 4.56. The largest absolute Gasteiger partial charge is 0.469 e. The lowest BCUT2D eigenvalue weighted by molar-refractivity contribution is 0.248. The van der Waals surface area contributed by atoms with Gasteiger partial charge in [-0.1, -0.05) is 30.3 Å². The highest BCUT2D eigenvalue weighted by molar-refractivity contribution is 5.17. The minimum Gasteiger partial charge on any atom is -0.469 e. The maximum absolute atomic E-state index is 8.86. The Kier molecular flexibility index (Phi) is 2.94. The first-order valence-corrected chi connectivity index (χ1v) is 4.49. The smallest absolute Gasteiger partial charge is 0.281 e. The number of benzene rings is 1. The molecule has 0 radical (unpaired) electrons. The van der Waals surface area contributed by atoms with E-state index in [1.807, 2.05) is 30.3 Å². The van der Waals surface area contributed by atoms with Crippen molar-refractivity contribution < 1.29 is 14.5 Å². The highest BCUT2D eigenvalue weighted by Crippen LogP contribution is 2.13. The Bertz CT molecular complexity index is 414. The fraction of sp³-hybridized carbons (Fsp3) is 0.200. The lowest BCUT2D eigenvalue weighted by Gasteiger charge is -2.02. The predicted molar refractivity (Wildman–Crippen MR) is 51.0 cm³/mol. The molecule has 0 aliphatic carbocycles. The molecule has 78 valence electrons. The van der Waals surface area contributed by atoms with E-state index in [1.165, 1.54) is 0 Å². The van der Waals surface area contributed by atoms with Gasteiger partial charge in [-0.25, -0.2) is 4.63 Å². The normalized spacial score (nSPS) is 10.2. The summed E-state index contributed by atoms with van der Waals surface area (Å²) >= 11 is 0. The van der Waals surface area contributed by atoms with Crippen LogP contribution in [0.2, 0.25) is 0 Å². The molecule has 0 bridgehead atoms. The summed E-state index contributed by atoms with van der Waals surface area (Å²) in [6.45, 7) is 0.135. The molecule has 0 atom stereocenters. The van der Waals surface area contributed by atoms with Gasteiger partial charge in [-0.2, -0.15) is 0 Å². The molecule has 0 saturated carbocycles. The van der Waals surface area contributed by atoms with Crippen LogP contribution in [-0.4, -0.2) is 15.4 Å². The Balaban J connectivity index is 1.99. The van der Waals surface area contributed by atoms with Crippen molar-refractivity contribution >= 4 is 0 Å². The van der Waals surface area contributed by atoms with E-state index in [1.54, 1.807) is 0 Å². The molecule has 0 unspecified atom stereocenters. The molecule has 5 heteroatoms. The molecule has 2 aromatic rings. The van der Waals surface area contributed by atoms with E-state index in [9.17, 15) is 0 Å². The number of hydrogen-bond donors (Lipinski definition) is 1. The molecule has 0 fully saturated rings. The van der Waals surface area contributed by atoms with Crippen molar-refractivity contribution in [3.8, 4) is 5.88 Å². The van der Waals surface area contributed by atoms with Crippen LogP contribution in [-0.2, 0) is 13.2 Å². The summed E-state index contributed by atoms with van der Waals surface area (Å²) in [6.07, 6.45) is 0. The van der Waals surface area contributed by atoms with E-state index in [-0.39, 0.29) is 12.5 Å². The Morgan fingerprint density at radius 2 is 2.00 bits per heavy atom. The molecule has 0 spiro atoms. The minimum atomic E-state index is -0.242. The topological polar surface area (TPSA) is 68.4 Å². The van der Waals surface area contributed by atoms with Crippen LogP contribution in [0.5, 0.6) is 5.88 Å². The molecule has 1 aromatic carbocycles. The summed E-state index contributed by atoms with van der Waals surface area (Å²) in [5.74, 6) is 0.237. The average molecular weight is 206 g/mol. The monoisotopic (exact) mass is 206 g/mol. The molecule has 5 nitrogen and oxygen atoms in total. The second-order valence-electron chi connectivity index (χ2n) is 2.95. The van der Waals surface area contributed by atoms with Crippen molar-refractivity contribution in [2.45, 2.75) is 13.2 Å². The van der Waals surface area contributed by atoms with Gasteiger partial charge in [0, 0.05) is 0 Å². The number of aliphatic hydroxyl groups excluding tert-OH is 1. The van der Waals surface area contributed by atoms with Crippen LogP contribution in [0.3, 0.4) is 0 Å². The lowest BCUT2D eigenvalue weighted by Crippen LogP contribution is -1.98. The van der Waals surface area contributed by atoms with E-state index < -0.39 is 0 Å². The van der Waals surface area contributed by atoms with Crippen LogP contribution >= 0.6 is 0 Å². The van der Waals surface area contributed by atoms with E-state index >= 15 is 0 Å². The number of hydrogen-bond acceptors (Lipinski definition) is 5. The fourth-order valence-corrected chi connectivity index (χ4v) is 1.13. The van der Waals surface area contributed by atoms with E-state index in [2.05, 4.69) is 14.9 Å². The molecule has 1 aromatic heterocycles. The Morgan fingerprint density at radius 3 is 2.73 bits per heavy atom. The van der Waals surface area contributed by atoms with E-state index in [4.69, 9.17) is 9.84 Å². The summed E-state index contributed by atoms with van der Waals surface area (Å²) in [6, 6.07) is 9.65. The van der Waals surface area contributed by atoms with E-state index in [0.717, 1.165) is 5.56 Å². The molecule has 0 aliphatic rings. The van der Waals surface area contributed by atoms with Gasteiger partial charge in [0.2, 0.25) is 0 Å². The Hall–Kier alpha value is -1.88. The van der Waals surface area contributed by atoms with Gasteiger partial charge in [0.25, 0.3) is 5.88 Å². The van der Waals surface area contributed by atoms with Gasteiger partial charge in [0.05, 0.1) is 6.61 Å². The lowest BCUT2D eigenvalue weighted by atomic mass is 10.2. The van der Waals surface area contributed by atoms with Crippen LogP contribution in [0, 0.1) is 0 Å². The predicted octanol–water partition coefficient (Wildman–Crippen LogP) is 1.14. The quantitative estimate of drug-likeness (QED) is 0.812. The number of aromatic nitrogens is 2. The van der Waals surface area contributed by atoms with Gasteiger partial charge in [-0.05, 0) is 15.9 Å². The Labute approximate surface area is 86.3 Å². The first-order valence-electron chi connectivity index (χ1n) is 4.49. The maximum atomic E-state index is 8.86. The van der Waals surface area contributed by atoms with Crippen molar-refractivity contribution in [2.24, 2.45) is 0 Å². The average Bonchev–Trinajstić information content (AvgIpc) is 2.75. The van der Waals surface area contributed by atoms with Crippen LogP contribution in [0.25, 0.3) is 0 Å². The molecular formula is C10H10N2O3. The number of rotatable bonds is 4. The van der Waals surface area contributed by atoms with Gasteiger partial charge in [0.15, 0.2) is 5.69 Å². The summed E-state index contributed by atoms with van der Waals surface area (Å²) in [5, 5.41) is 15.9. The molecule has 1 N–H and O–H groups in total. The van der Waals surface area contributed by atoms with Crippen LogP contribution in [0.1, 0.15) is 11.3 Å². The molecule has 0 aliphatic heterocycles. The summed E-state index contributed by atoms with van der Waals surface area (Å²) in [7, 11) is 0. The highest BCUT2D eigenvalue weighted by Gasteiger charge is 2.09. The second-order valence-corrected chi connectivity index (χ2v) is 2.95. The molecule has 1 heterocycles. The molecule has 2 rings (SSSR count). The molecular weight excluding hydrogens is 196 g/mol. The van der Waals surface area contributed by atoms with E-state index in [0.29, 0.717) is 12.3 Å². The van der Waals surface area contributed by atoms with Crippen molar-refractivity contribution in [3.05, 3.63) is 41.6 Å². The number of aliphatic hydroxyl groups is 1. The zero-order valence-electron chi connectivity index (χ0n) is 7.96. The zero-order chi connectivity index (χ0) is 10.5. The van der Waals surface area contributed by atoms with Gasteiger partial charge in [-0.3, -0.25) is 0 Å². The molecule has 0 amide bonds. The zero-order valence-corrected chi connectivity index (χ0v) is 7.96. The fourth-order valence-electron chi connectivity index (χ4n) is 1.13.